The zero-order valence-electron chi connectivity index (χ0n) is 12.7. The van der Waals surface area contributed by atoms with Crippen molar-refractivity contribution in [2.45, 2.75) is 26.2 Å². The van der Waals surface area contributed by atoms with Crippen molar-refractivity contribution in [1.82, 2.24) is 14.9 Å². The van der Waals surface area contributed by atoms with Crippen LogP contribution in [-0.4, -0.2) is 33.9 Å². The van der Waals surface area contributed by atoms with Gasteiger partial charge in [0.15, 0.2) is 0 Å². The summed E-state index contributed by atoms with van der Waals surface area (Å²) >= 11 is 0. The van der Waals surface area contributed by atoms with Gasteiger partial charge in [0, 0.05) is 30.5 Å². The number of carbonyl (C=O) groups excluding carboxylic acids is 1. The van der Waals surface area contributed by atoms with Gasteiger partial charge in [0.25, 0.3) is 5.91 Å². The number of ether oxygens (including phenoxy) is 1. The molecule has 5 heteroatoms. The molecule has 1 aromatic carbocycles. The molecule has 0 unspecified atom stereocenters. The third-order valence-electron chi connectivity index (χ3n) is 3.73. The SMILES string of the molecule is Cc1ccnc(Oc2ccc(C(=O)N3CCCCC3)cc2)n1. The molecule has 0 N–H and O–H groups in total. The van der Waals surface area contributed by atoms with E-state index >= 15 is 0 Å². The molecule has 1 saturated heterocycles. The van der Waals surface area contributed by atoms with Gasteiger partial charge in [-0.1, -0.05) is 0 Å². The van der Waals surface area contributed by atoms with Gasteiger partial charge in [-0.15, -0.1) is 0 Å². The fourth-order valence-electron chi connectivity index (χ4n) is 2.53. The minimum Gasteiger partial charge on any atom is -0.424 e. The number of aromatic nitrogens is 2. The molecule has 0 bridgehead atoms. The molecule has 114 valence electrons. The van der Waals surface area contributed by atoms with Gasteiger partial charge in [-0.3, -0.25) is 4.79 Å². The van der Waals surface area contributed by atoms with Gasteiger partial charge in [0.1, 0.15) is 5.75 Å². The summed E-state index contributed by atoms with van der Waals surface area (Å²) in [7, 11) is 0. The van der Waals surface area contributed by atoms with Gasteiger partial charge >= 0.3 is 6.01 Å². The van der Waals surface area contributed by atoms with Crippen molar-refractivity contribution in [2.24, 2.45) is 0 Å². The summed E-state index contributed by atoms with van der Waals surface area (Å²) in [5.74, 6) is 0.721. The number of amides is 1. The van der Waals surface area contributed by atoms with E-state index in [1.165, 1.54) is 6.42 Å². The number of likely N-dealkylation sites (tertiary alicyclic amines) is 1. The van der Waals surface area contributed by atoms with E-state index in [-0.39, 0.29) is 5.91 Å². The van der Waals surface area contributed by atoms with Crippen molar-refractivity contribution in [3.05, 3.63) is 47.8 Å². The number of nitrogens with zero attached hydrogens (tertiary/aromatic N) is 3. The lowest BCUT2D eigenvalue weighted by atomic mass is 10.1. The third-order valence-corrected chi connectivity index (χ3v) is 3.73. The molecule has 0 atom stereocenters. The number of rotatable bonds is 3. The molecule has 0 aliphatic carbocycles. The van der Waals surface area contributed by atoms with Gasteiger partial charge in [-0.05, 0) is 56.5 Å². The zero-order valence-corrected chi connectivity index (χ0v) is 12.7. The second-order valence-electron chi connectivity index (χ2n) is 5.46. The molecule has 3 rings (SSSR count). The lowest BCUT2D eigenvalue weighted by molar-refractivity contribution is 0.0724. The molecular weight excluding hydrogens is 278 g/mol. The molecule has 0 saturated carbocycles. The third kappa shape index (κ3) is 3.42. The van der Waals surface area contributed by atoms with E-state index in [9.17, 15) is 4.79 Å². The van der Waals surface area contributed by atoms with E-state index < -0.39 is 0 Å². The average molecular weight is 297 g/mol. The first-order valence-electron chi connectivity index (χ1n) is 7.59. The van der Waals surface area contributed by atoms with E-state index in [1.807, 2.05) is 17.9 Å². The van der Waals surface area contributed by atoms with Crippen molar-refractivity contribution in [3.8, 4) is 11.8 Å². The maximum atomic E-state index is 12.4. The average Bonchev–Trinajstić information content (AvgIpc) is 2.56. The number of piperidine rings is 1. The van der Waals surface area contributed by atoms with Crippen LogP contribution in [0.1, 0.15) is 35.3 Å². The van der Waals surface area contributed by atoms with Crippen molar-refractivity contribution in [3.63, 3.8) is 0 Å². The minimum atomic E-state index is 0.0954. The Morgan fingerprint density at radius 2 is 1.82 bits per heavy atom. The largest absolute Gasteiger partial charge is 0.424 e. The van der Waals surface area contributed by atoms with Gasteiger partial charge in [-0.25, -0.2) is 9.97 Å². The Kier molecular flexibility index (Phi) is 4.32. The number of benzene rings is 1. The first-order chi connectivity index (χ1) is 10.7. The number of hydrogen-bond donors (Lipinski definition) is 0. The zero-order chi connectivity index (χ0) is 15.4. The van der Waals surface area contributed by atoms with Crippen LogP contribution in [-0.2, 0) is 0 Å². The summed E-state index contributed by atoms with van der Waals surface area (Å²) in [4.78, 5) is 22.5. The molecule has 1 amide bonds. The standard InChI is InChI=1S/C17H19N3O2/c1-13-9-10-18-17(19-13)22-15-7-5-14(6-8-15)16(21)20-11-3-2-4-12-20/h5-10H,2-4,11-12H2,1H3. The quantitative estimate of drug-likeness (QED) is 0.873. The van der Waals surface area contributed by atoms with Gasteiger partial charge in [0.2, 0.25) is 0 Å². The van der Waals surface area contributed by atoms with Crippen molar-refractivity contribution in [2.75, 3.05) is 13.1 Å². The summed E-state index contributed by atoms with van der Waals surface area (Å²) in [6.45, 7) is 3.59. The van der Waals surface area contributed by atoms with Crippen molar-refractivity contribution >= 4 is 5.91 Å². The molecule has 2 heterocycles. The molecule has 0 spiro atoms. The molecule has 2 aromatic rings. The molecule has 1 aliphatic rings. The normalized spacial score (nSPS) is 14.7. The van der Waals surface area contributed by atoms with Crippen LogP contribution < -0.4 is 4.74 Å². The predicted octanol–water partition coefficient (Wildman–Crippen LogP) is 3.20. The predicted molar refractivity (Wildman–Crippen MR) is 83.0 cm³/mol. The van der Waals surface area contributed by atoms with Crippen LogP contribution in [0.15, 0.2) is 36.5 Å². The van der Waals surface area contributed by atoms with Crippen LogP contribution in [0.3, 0.4) is 0 Å². The Balaban J connectivity index is 1.68. The van der Waals surface area contributed by atoms with Crippen LogP contribution >= 0.6 is 0 Å². The number of hydrogen-bond acceptors (Lipinski definition) is 4. The highest BCUT2D eigenvalue weighted by Gasteiger charge is 2.18. The van der Waals surface area contributed by atoms with Gasteiger partial charge in [-0.2, -0.15) is 0 Å². The number of aryl methyl sites for hydroxylation is 1. The topological polar surface area (TPSA) is 55.3 Å². The maximum Gasteiger partial charge on any atom is 0.322 e. The van der Waals surface area contributed by atoms with Crippen LogP contribution in [0.5, 0.6) is 11.8 Å². The number of carbonyl (C=O) groups is 1. The highest BCUT2D eigenvalue weighted by Crippen LogP contribution is 2.20. The van der Waals surface area contributed by atoms with Crippen LogP contribution in [0.2, 0.25) is 0 Å². The second-order valence-corrected chi connectivity index (χ2v) is 5.46. The van der Waals surface area contributed by atoms with E-state index in [1.54, 1.807) is 30.5 Å². The van der Waals surface area contributed by atoms with Crippen LogP contribution in [0.4, 0.5) is 0 Å². The first-order valence-corrected chi connectivity index (χ1v) is 7.59. The lowest BCUT2D eigenvalue weighted by Crippen LogP contribution is -2.35. The molecular formula is C17H19N3O2. The summed E-state index contributed by atoms with van der Waals surface area (Å²) in [5.41, 5.74) is 1.54. The van der Waals surface area contributed by atoms with Gasteiger partial charge < -0.3 is 9.64 Å². The van der Waals surface area contributed by atoms with Gasteiger partial charge in [0.05, 0.1) is 0 Å². The Hall–Kier alpha value is -2.43. The van der Waals surface area contributed by atoms with Crippen molar-refractivity contribution < 1.29 is 9.53 Å². The molecule has 5 nitrogen and oxygen atoms in total. The second kappa shape index (κ2) is 6.56. The Labute approximate surface area is 130 Å². The van der Waals surface area contributed by atoms with Crippen LogP contribution in [0.25, 0.3) is 0 Å². The monoisotopic (exact) mass is 297 g/mol. The highest BCUT2D eigenvalue weighted by molar-refractivity contribution is 5.94. The summed E-state index contributed by atoms with van der Waals surface area (Å²) in [5, 5.41) is 0. The molecule has 0 radical (unpaired) electrons. The van der Waals surface area contributed by atoms with Crippen LogP contribution in [0, 0.1) is 6.92 Å². The fraction of sp³-hybridized carbons (Fsp3) is 0.353. The van der Waals surface area contributed by atoms with Crippen molar-refractivity contribution in [1.29, 1.82) is 0 Å². The molecule has 1 fully saturated rings. The maximum absolute atomic E-state index is 12.4. The molecule has 1 aromatic heterocycles. The lowest BCUT2D eigenvalue weighted by Gasteiger charge is -2.26. The van der Waals surface area contributed by atoms with E-state index in [0.717, 1.165) is 31.6 Å². The summed E-state index contributed by atoms with van der Waals surface area (Å²) in [6.07, 6.45) is 5.06. The molecule has 22 heavy (non-hydrogen) atoms. The smallest absolute Gasteiger partial charge is 0.322 e. The van der Waals surface area contributed by atoms with E-state index in [2.05, 4.69) is 9.97 Å². The Morgan fingerprint density at radius 3 is 2.50 bits per heavy atom. The first kappa shape index (κ1) is 14.5. The fourth-order valence-corrected chi connectivity index (χ4v) is 2.53. The summed E-state index contributed by atoms with van der Waals surface area (Å²) in [6, 6.07) is 9.28. The van der Waals surface area contributed by atoms with E-state index in [0.29, 0.717) is 17.3 Å². The Morgan fingerprint density at radius 1 is 1.09 bits per heavy atom. The Bertz CT molecular complexity index is 649. The minimum absolute atomic E-state index is 0.0954. The molecule has 1 aliphatic heterocycles. The summed E-state index contributed by atoms with van der Waals surface area (Å²) < 4.78 is 5.59. The van der Waals surface area contributed by atoms with E-state index in [4.69, 9.17) is 4.74 Å². The highest BCUT2D eigenvalue weighted by atomic mass is 16.5.